The molecule has 0 saturated heterocycles. The van der Waals surface area contributed by atoms with Gasteiger partial charge in [-0.15, -0.1) is 0 Å². The third kappa shape index (κ3) is 3.56. The summed E-state index contributed by atoms with van der Waals surface area (Å²) in [7, 11) is 4.05. The summed E-state index contributed by atoms with van der Waals surface area (Å²) in [4.78, 5) is 10.5. The predicted molar refractivity (Wildman–Crippen MR) is 92.5 cm³/mol. The van der Waals surface area contributed by atoms with Crippen LogP contribution in [0.3, 0.4) is 0 Å². The first-order valence-electron chi connectivity index (χ1n) is 7.54. The van der Waals surface area contributed by atoms with Gasteiger partial charge < -0.3 is 10.2 Å². The lowest BCUT2D eigenvalue weighted by atomic mass is 10.1. The molecule has 1 heterocycles. The molecule has 0 aliphatic heterocycles. The maximum atomic E-state index is 13.4. The van der Waals surface area contributed by atoms with E-state index in [2.05, 4.69) is 44.5 Å². The van der Waals surface area contributed by atoms with Gasteiger partial charge in [-0.05, 0) is 42.3 Å². The van der Waals surface area contributed by atoms with E-state index in [0.29, 0.717) is 11.2 Å². The number of rotatable bonds is 5. The van der Waals surface area contributed by atoms with E-state index in [0.717, 1.165) is 18.5 Å². The fourth-order valence-corrected chi connectivity index (χ4v) is 2.49. The van der Waals surface area contributed by atoms with Crippen LogP contribution in [0, 0.1) is 5.82 Å². The second-order valence-electron chi connectivity index (χ2n) is 5.62. The number of nitrogens with zero attached hydrogens (tertiary/aromatic N) is 3. The van der Waals surface area contributed by atoms with Gasteiger partial charge in [0, 0.05) is 31.7 Å². The number of anilines is 2. The van der Waals surface area contributed by atoms with E-state index in [-0.39, 0.29) is 5.82 Å². The van der Waals surface area contributed by atoms with Crippen LogP contribution in [0.25, 0.3) is 10.9 Å². The molecule has 5 heteroatoms. The topological polar surface area (TPSA) is 41.0 Å². The van der Waals surface area contributed by atoms with E-state index >= 15 is 0 Å². The first kappa shape index (κ1) is 15.2. The lowest BCUT2D eigenvalue weighted by Crippen LogP contribution is -2.10. The Hall–Kier alpha value is -2.69. The fraction of sp³-hybridized carbons (Fsp3) is 0.222. The monoisotopic (exact) mass is 310 g/mol. The van der Waals surface area contributed by atoms with Crippen molar-refractivity contribution >= 4 is 22.4 Å². The summed E-state index contributed by atoms with van der Waals surface area (Å²) in [6.45, 7) is 0.722. The predicted octanol–water partition coefficient (Wildman–Crippen LogP) is 3.49. The van der Waals surface area contributed by atoms with Gasteiger partial charge in [-0.1, -0.05) is 12.1 Å². The lowest BCUT2D eigenvalue weighted by molar-refractivity contribution is 0.629. The van der Waals surface area contributed by atoms with Gasteiger partial charge in [0.15, 0.2) is 0 Å². The Morgan fingerprint density at radius 1 is 1.09 bits per heavy atom. The van der Waals surface area contributed by atoms with Crippen LogP contribution in [0.15, 0.2) is 48.8 Å². The summed E-state index contributed by atoms with van der Waals surface area (Å²) < 4.78 is 13.4. The molecule has 0 aliphatic carbocycles. The van der Waals surface area contributed by atoms with Crippen LogP contribution in [0.1, 0.15) is 5.56 Å². The zero-order valence-electron chi connectivity index (χ0n) is 13.3. The standard InChI is InChI=1S/C18H19FN4/c1-23(2)15-5-3-4-13(10-15)8-9-20-18-16-11-14(19)6-7-17(16)21-12-22-18/h3-7,10-12H,8-9H2,1-2H3,(H,20,21,22). The maximum Gasteiger partial charge on any atom is 0.137 e. The van der Waals surface area contributed by atoms with Crippen LogP contribution in [-0.4, -0.2) is 30.6 Å². The summed E-state index contributed by atoms with van der Waals surface area (Å²) in [6, 6.07) is 12.9. The van der Waals surface area contributed by atoms with Gasteiger partial charge in [0.2, 0.25) is 0 Å². The van der Waals surface area contributed by atoms with Crippen LogP contribution in [0.2, 0.25) is 0 Å². The number of hydrogen-bond donors (Lipinski definition) is 1. The molecule has 118 valence electrons. The zero-order valence-corrected chi connectivity index (χ0v) is 13.3. The molecule has 0 radical (unpaired) electrons. The summed E-state index contributed by atoms with van der Waals surface area (Å²) in [5.41, 5.74) is 3.16. The molecule has 0 atom stereocenters. The molecular formula is C18H19FN4. The van der Waals surface area contributed by atoms with E-state index in [1.807, 2.05) is 14.1 Å². The van der Waals surface area contributed by atoms with Gasteiger partial charge in [-0.2, -0.15) is 0 Å². The Morgan fingerprint density at radius 3 is 2.78 bits per heavy atom. The molecule has 23 heavy (non-hydrogen) atoms. The second-order valence-corrected chi connectivity index (χ2v) is 5.62. The Morgan fingerprint density at radius 2 is 1.96 bits per heavy atom. The van der Waals surface area contributed by atoms with Gasteiger partial charge in [0.05, 0.1) is 5.52 Å². The maximum absolute atomic E-state index is 13.4. The Bertz CT molecular complexity index is 817. The second kappa shape index (κ2) is 6.60. The fourth-order valence-electron chi connectivity index (χ4n) is 2.49. The van der Waals surface area contributed by atoms with Crippen molar-refractivity contribution in [3.8, 4) is 0 Å². The zero-order chi connectivity index (χ0) is 16.2. The smallest absolute Gasteiger partial charge is 0.137 e. The van der Waals surface area contributed by atoms with Crippen molar-refractivity contribution in [2.24, 2.45) is 0 Å². The quantitative estimate of drug-likeness (QED) is 0.783. The summed E-state index contributed by atoms with van der Waals surface area (Å²) in [5, 5.41) is 3.98. The highest BCUT2D eigenvalue weighted by Gasteiger charge is 2.05. The van der Waals surface area contributed by atoms with Gasteiger partial charge in [0.1, 0.15) is 18.0 Å². The van der Waals surface area contributed by atoms with Crippen molar-refractivity contribution in [1.29, 1.82) is 0 Å². The first-order valence-corrected chi connectivity index (χ1v) is 7.54. The average Bonchev–Trinajstić information content (AvgIpc) is 2.55. The lowest BCUT2D eigenvalue weighted by Gasteiger charge is -2.14. The van der Waals surface area contributed by atoms with Crippen LogP contribution >= 0.6 is 0 Å². The van der Waals surface area contributed by atoms with Crippen LogP contribution in [-0.2, 0) is 6.42 Å². The molecule has 1 aromatic heterocycles. The highest BCUT2D eigenvalue weighted by atomic mass is 19.1. The molecule has 3 aromatic rings. The molecule has 0 saturated carbocycles. The van der Waals surface area contributed by atoms with Crippen LogP contribution < -0.4 is 10.2 Å². The summed E-state index contributed by atoms with van der Waals surface area (Å²) in [5.74, 6) is 0.382. The van der Waals surface area contributed by atoms with E-state index < -0.39 is 0 Å². The minimum atomic E-state index is -0.283. The first-order chi connectivity index (χ1) is 11.1. The van der Waals surface area contributed by atoms with Crippen LogP contribution in [0.4, 0.5) is 15.9 Å². The molecule has 1 N–H and O–H groups in total. The van der Waals surface area contributed by atoms with Gasteiger partial charge in [-0.25, -0.2) is 14.4 Å². The van der Waals surface area contributed by atoms with Crippen molar-refractivity contribution < 1.29 is 4.39 Å². The molecule has 0 aliphatic rings. The summed E-state index contributed by atoms with van der Waals surface area (Å²) in [6.07, 6.45) is 2.36. The normalized spacial score (nSPS) is 10.7. The van der Waals surface area contributed by atoms with Crippen molar-refractivity contribution in [1.82, 2.24) is 9.97 Å². The minimum absolute atomic E-state index is 0.283. The highest BCUT2D eigenvalue weighted by Crippen LogP contribution is 2.20. The average molecular weight is 310 g/mol. The number of halogens is 1. The molecule has 3 rings (SSSR count). The molecule has 4 nitrogen and oxygen atoms in total. The van der Waals surface area contributed by atoms with Gasteiger partial charge >= 0.3 is 0 Å². The third-order valence-electron chi connectivity index (χ3n) is 3.73. The van der Waals surface area contributed by atoms with Crippen molar-refractivity contribution in [2.45, 2.75) is 6.42 Å². The molecule has 0 amide bonds. The van der Waals surface area contributed by atoms with Crippen molar-refractivity contribution in [3.63, 3.8) is 0 Å². The molecule has 0 fully saturated rings. The number of fused-ring (bicyclic) bond motifs is 1. The SMILES string of the molecule is CN(C)c1cccc(CCNc2ncnc3ccc(F)cc23)c1. The minimum Gasteiger partial charge on any atom is -0.378 e. The molecular weight excluding hydrogens is 291 g/mol. The van der Waals surface area contributed by atoms with Gasteiger partial charge in [0.25, 0.3) is 0 Å². The van der Waals surface area contributed by atoms with Crippen molar-refractivity contribution in [2.75, 3.05) is 30.9 Å². The Labute approximate surface area is 135 Å². The van der Waals surface area contributed by atoms with Crippen molar-refractivity contribution in [3.05, 3.63) is 60.2 Å². The molecule has 2 aromatic carbocycles. The molecule has 0 unspecified atom stereocenters. The van der Waals surface area contributed by atoms with Gasteiger partial charge in [-0.3, -0.25) is 0 Å². The van der Waals surface area contributed by atoms with Crippen LogP contribution in [0.5, 0.6) is 0 Å². The number of nitrogens with one attached hydrogen (secondary N) is 1. The van der Waals surface area contributed by atoms with E-state index in [1.54, 1.807) is 6.07 Å². The summed E-state index contributed by atoms with van der Waals surface area (Å²) >= 11 is 0. The van der Waals surface area contributed by atoms with E-state index in [4.69, 9.17) is 0 Å². The highest BCUT2D eigenvalue weighted by molar-refractivity contribution is 5.88. The third-order valence-corrected chi connectivity index (χ3v) is 3.73. The molecule has 0 bridgehead atoms. The number of benzene rings is 2. The number of aromatic nitrogens is 2. The molecule has 0 spiro atoms. The van der Waals surface area contributed by atoms with E-state index in [1.165, 1.54) is 29.7 Å². The largest absolute Gasteiger partial charge is 0.378 e. The van der Waals surface area contributed by atoms with E-state index in [9.17, 15) is 4.39 Å². The number of hydrogen-bond acceptors (Lipinski definition) is 4. The Kier molecular flexibility index (Phi) is 4.37. The Balaban J connectivity index is 1.72.